The van der Waals surface area contributed by atoms with Crippen LogP contribution in [0.2, 0.25) is 0 Å². The SMILES string of the molecule is COc1cc(C)ccc1C(O)CCc1ccsc1. The molecule has 2 nitrogen and oxygen atoms in total. The lowest BCUT2D eigenvalue weighted by atomic mass is 10.0. The van der Waals surface area contributed by atoms with Crippen LogP contribution in [0.25, 0.3) is 0 Å². The zero-order valence-corrected chi connectivity index (χ0v) is 11.5. The predicted molar refractivity (Wildman–Crippen MR) is 75.3 cm³/mol. The fraction of sp³-hybridized carbons (Fsp3) is 0.333. The Bertz CT molecular complexity index is 491. The van der Waals surface area contributed by atoms with Gasteiger partial charge in [0.15, 0.2) is 0 Å². The zero-order valence-electron chi connectivity index (χ0n) is 10.7. The summed E-state index contributed by atoms with van der Waals surface area (Å²) in [6.45, 7) is 2.02. The Hall–Kier alpha value is -1.32. The molecule has 3 heteroatoms. The van der Waals surface area contributed by atoms with Crippen molar-refractivity contribution in [3.8, 4) is 5.75 Å². The maximum atomic E-state index is 10.2. The van der Waals surface area contributed by atoms with Crippen LogP contribution in [0.4, 0.5) is 0 Å². The molecule has 0 saturated carbocycles. The van der Waals surface area contributed by atoms with Gasteiger partial charge >= 0.3 is 0 Å². The quantitative estimate of drug-likeness (QED) is 0.889. The van der Waals surface area contributed by atoms with Crippen LogP contribution in [-0.2, 0) is 6.42 Å². The molecule has 2 aromatic rings. The number of rotatable bonds is 5. The van der Waals surface area contributed by atoms with Gasteiger partial charge in [0.05, 0.1) is 13.2 Å². The molecule has 2 rings (SSSR count). The van der Waals surface area contributed by atoms with Gasteiger partial charge in [0, 0.05) is 5.56 Å². The topological polar surface area (TPSA) is 29.5 Å². The number of aryl methyl sites for hydroxylation is 2. The van der Waals surface area contributed by atoms with Gasteiger partial charge in [-0.2, -0.15) is 11.3 Å². The van der Waals surface area contributed by atoms with E-state index in [9.17, 15) is 5.11 Å². The highest BCUT2D eigenvalue weighted by Crippen LogP contribution is 2.29. The highest BCUT2D eigenvalue weighted by Gasteiger charge is 2.13. The third kappa shape index (κ3) is 3.12. The largest absolute Gasteiger partial charge is 0.496 e. The minimum atomic E-state index is -0.472. The summed E-state index contributed by atoms with van der Waals surface area (Å²) < 4.78 is 5.33. The summed E-state index contributed by atoms with van der Waals surface area (Å²) in [5, 5.41) is 14.4. The number of hydrogen-bond acceptors (Lipinski definition) is 3. The number of aliphatic hydroxyl groups excluding tert-OH is 1. The molecule has 0 aliphatic heterocycles. The summed E-state index contributed by atoms with van der Waals surface area (Å²) in [5.74, 6) is 0.771. The molecular weight excluding hydrogens is 244 g/mol. The van der Waals surface area contributed by atoms with Crippen LogP contribution in [0, 0.1) is 6.92 Å². The summed E-state index contributed by atoms with van der Waals surface area (Å²) in [6, 6.07) is 8.02. The van der Waals surface area contributed by atoms with Crippen molar-refractivity contribution in [2.45, 2.75) is 25.9 Å². The summed E-state index contributed by atoms with van der Waals surface area (Å²) in [7, 11) is 1.64. The van der Waals surface area contributed by atoms with Crippen LogP contribution in [-0.4, -0.2) is 12.2 Å². The molecule has 1 aromatic carbocycles. The molecule has 0 saturated heterocycles. The van der Waals surface area contributed by atoms with E-state index in [0.29, 0.717) is 0 Å². The Kier molecular flexibility index (Phi) is 4.39. The smallest absolute Gasteiger partial charge is 0.124 e. The molecule has 96 valence electrons. The van der Waals surface area contributed by atoms with Crippen molar-refractivity contribution in [2.75, 3.05) is 7.11 Å². The average molecular weight is 262 g/mol. The van der Waals surface area contributed by atoms with E-state index in [1.165, 1.54) is 5.56 Å². The minimum absolute atomic E-state index is 0.472. The van der Waals surface area contributed by atoms with Crippen LogP contribution in [0.1, 0.15) is 29.2 Å². The highest BCUT2D eigenvalue weighted by molar-refractivity contribution is 7.07. The highest BCUT2D eigenvalue weighted by atomic mass is 32.1. The summed E-state index contributed by atoms with van der Waals surface area (Å²) in [5.41, 5.74) is 3.30. The van der Waals surface area contributed by atoms with Gasteiger partial charge in [0.2, 0.25) is 0 Å². The van der Waals surface area contributed by atoms with Crippen molar-refractivity contribution in [1.29, 1.82) is 0 Å². The van der Waals surface area contributed by atoms with E-state index in [1.54, 1.807) is 18.4 Å². The van der Waals surface area contributed by atoms with Crippen molar-refractivity contribution >= 4 is 11.3 Å². The second-order valence-corrected chi connectivity index (χ2v) is 5.21. The van der Waals surface area contributed by atoms with Gasteiger partial charge in [-0.05, 0) is 53.8 Å². The van der Waals surface area contributed by atoms with E-state index >= 15 is 0 Å². The first-order valence-electron chi connectivity index (χ1n) is 6.04. The maximum Gasteiger partial charge on any atom is 0.124 e. The Morgan fingerprint density at radius 1 is 1.33 bits per heavy atom. The Labute approximate surface area is 112 Å². The van der Waals surface area contributed by atoms with E-state index in [-0.39, 0.29) is 0 Å². The summed E-state index contributed by atoms with van der Waals surface area (Å²) in [4.78, 5) is 0. The number of ether oxygens (including phenoxy) is 1. The van der Waals surface area contributed by atoms with Crippen molar-refractivity contribution in [1.82, 2.24) is 0 Å². The summed E-state index contributed by atoms with van der Waals surface area (Å²) in [6.07, 6.45) is 1.14. The standard InChI is InChI=1S/C15H18O2S/c1-11-3-5-13(15(9-11)17-2)14(16)6-4-12-7-8-18-10-12/h3,5,7-10,14,16H,4,6H2,1-2H3. The molecule has 0 fully saturated rings. The predicted octanol–water partition coefficient (Wildman–Crippen LogP) is 3.73. The first-order chi connectivity index (χ1) is 8.70. The molecular formula is C15H18O2S. The van der Waals surface area contributed by atoms with Crippen LogP contribution in [0.15, 0.2) is 35.0 Å². The third-order valence-electron chi connectivity index (χ3n) is 3.03. The minimum Gasteiger partial charge on any atom is -0.496 e. The van der Waals surface area contributed by atoms with E-state index in [0.717, 1.165) is 29.7 Å². The molecule has 0 bridgehead atoms. The molecule has 0 aliphatic carbocycles. The third-order valence-corrected chi connectivity index (χ3v) is 3.77. The number of methoxy groups -OCH3 is 1. The first-order valence-corrected chi connectivity index (χ1v) is 6.98. The lowest BCUT2D eigenvalue weighted by Gasteiger charge is -2.15. The molecule has 0 amide bonds. The fourth-order valence-electron chi connectivity index (χ4n) is 1.99. The van der Waals surface area contributed by atoms with E-state index in [4.69, 9.17) is 4.74 Å². The molecule has 1 heterocycles. The van der Waals surface area contributed by atoms with E-state index < -0.39 is 6.10 Å². The molecule has 1 unspecified atom stereocenters. The monoisotopic (exact) mass is 262 g/mol. The van der Waals surface area contributed by atoms with Gasteiger partial charge in [0.1, 0.15) is 5.75 Å². The van der Waals surface area contributed by atoms with E-state index in [2.05, 4.69) is 16.8 Å². The van der Waals surface area contributed by atoms with Crippen LogP contribution in [0.5, 0.6) is 5.75 Å². The second kappa shape index (κ2) is 6.03. The van der Waals surface area contributed by atoms with Crippen molar-refractivity contribution < 1.29 is 9.84 Å². The molecule has 1 aromatic heterocycles. The van der Waals surface area contributed by atoms with Gasteiger partial charge in [-0.25, -0.2) is 0 Å². The molecule has 18 heavy (non-hydrogen) atoms. The first kappa shape index (κ1) is 13.1. The van der Waals surface area contributed by atoms with Gasteiger partial charge < -0.3 is 9.84 Å². The lowest BCUT2D eigenvalue weighted by Crippen LogP contribution is -2.02. The van der Waals surface area contributed by atoms with Crippen molar-refractivity contribution in [3.63, 3.8) is 0 Å². The van der Waals surface area contributed by atoms with Crippen LogP contribution >= 0.6 is 11.3 Å². The number of thiophene rings is 1. The van der Waals surface area contributed by atoms with Gasteiger partial charge in [-0.3, -0.25) is 0 Å². The van der Waals surface area contributed by atoms with Gasteiger partial charge in [0.25, 0.3) is 0 Å². The maximum absolute atomic E-state index is 10.2. The van der Waals surface area contributed by atoms with E-state index in [1.807, 2.05) is 25.1 Å². The van der Waals surface area contributed by atoms with Gasteiger partial charge in [-0.15, -0.1) is 0 Å². The number of hydrogen-bond donors (Lipinski definition) is 1. The van der Waals surface area contributed by atoms with Crippen LogP contribution < -0.4 is 4.74 Å². The normalized spacial score (nSPS) is 12.4. The lowest BCUT2D eigenvalue weighted by molar-refractivity contribution is 0.163. The van der Waals surface area contributed by atoms with Crippen molar-refractivity contribution in [3.05, 3.63) is 51.7 Å². The number of benzene rings is 1. The second-order valence-electron chi connectivity index (χ2n) is 4.43. The molecule has 0 aliphatic rings. The number of aliphatic hydroxyl groups is 1. The fourth-order valence-corrected chi connectivity index (χ4v) is 2.69. The zero-order chi connectivity index (χ0) is 13.0. The Balaban J connectivity index is 2.06. The Morgan fingerprint density at radius 3 is 2.83 bits per heavy atom. The summed E-state index contributed by atoms with van der Waals surface area (Å²) >= 11 is 1.69. The Morgan fingerprint density at radius 2 is 2.17 bits per heavy atom. The molecule has 0 radical (unpaired) electrons. The average Bonchev–Trinajstić information content (AvgIpc) is 2.88. The van der Waals surface area contributed by atoms with Crippen molar-refractivity contribution in [2.24, 2.45) is 0 Å². The van der Waals surface area contributed by atoms with Crippen LogP contribution in [0.3, 0.4) is 0 Å². The van der Waals surface area contributed by atoms with Gasteiger partial charge in [-0.1, -0.05) is 12.1 Å². The molecule has 1 atom stereocenters. The molecule has 0 spiro atoms. The molecule has 1 N–H and O–H groups in total.